The van der Waals surface area contributed by atoms with E-state index in [0.29, 0.717) is 50.2 Å². The van der Waals surface area contributed by atoms with Gasteiger partial charge in [0, 0.05) is 35.0 Å². The number of alkyl halides is 6. The number of carbonyl (C=O) groups is 1. The number of rotatable bonds is 8. The van der Waals surface area contributed by atoms with Gasteiger partial charge in [-0.25, -0.2) is 13.2 Å². The molecule has 0 aromatic heterocycles. The lowest BCUT2D eigenvalue weighted by atomic mass is 9.88. The summed E-state index contributed by atoms with van der Waals surface area (Å²) in [5.41, 5.74) is -7.48. The lowest BCUT2D eigenvalue weighted by molar-refractivity contribution is -0.392. The van der Waals surface area contributed by atoms with Gasteiger partial charge in [-0.3, -0.25) is 9.00 Å². The molecular formula is C32H29F9N2O3S. The maximum absolute atomic E-state index is 14.5. The molecule has 0 aliphatic carbocycles. The molecule has 1 amide bonds. The van der Waals surface area contributed by atoms with Gasteiger partial charge in [-0.2, -0.15) is 26.3 Å². The number of piperidine rings is 1. The van der Waals surface area contributed by atoms with E-state index in [4.69, 9.17) is 0 Å². The monoisotopic (exact) mass is 692 g/mol. The van der Waals surface area contributed by atoms with Crippen LogP contribution < -0.4 is 5.32 Å². The minimum atomic E-state index is -6.14. The fraction of sp³-hybridized carbons (Fsp3) is 0.406. The third-order valence-corrected chi connectivity index (χ3v) is 10.7. The molecule has 254 valence electrons. The SMILES string of the molecule is O=C(C1CCNCC1)N1CCC(c2ccc(C(OCc3c(F)cccc3F)(C(F)(F)F)C(F)(F)F)cc2)(S(=O)c2ccc(F)cc2)C1. The van der Waals surface area contributed by atoms with E-state index in [-0.39, 0.29) is 41.8 Å². The molecule has 2 saturated heterocycles. The van der Waals surface area contributed by atoms with Gasteiger partial charge in [-0.15, -0.1) is 0 Å². The second kappa shape index (κ2) is 13.2. The van der Waals surface area contributed by atoms with E-state index >= 15 is 0 Å². The number of benzene rings is 3. The van der Waals surface area contributed by atoms with Crippen molar-refractivity contribution in [3.05, 3.63) is 101 Å². The Hall–Kier alpha value is -3.43. The standard InChI is InChI=1S/C32H29F9N2O3S/c33-23-8-10-24(11-9-23)47(45)29(14-17-43(19-29)28(44)20-12-15-42-16-13-20)21-4-6-22(7-5-21)30(31(36,37)38,32(39,40)41)46-18-25-26(34)2-1-3-27(25)35/h1-11,20,42H,12-19H2. The Bertz CT molecular complexity index is 1570. The number of amides is 1. The van der Waals surface area contributed by atoms with Gasteiger partial charge in [0.2, 0.25) is 5.91 Å². The van der Waals surface area contributed by atoms with E-state index in [2.05, 4.69) is 10.1 Å². The summed E-state index contributed by atoms with van der Waals surface area (Å²) in [6.45, 7) is -0.518. The van der Waals surface area contributed by atoms with Crippen molar-refractivity contribution in [3.63, 3.8) is 0 Å². The van der Waals surface area contributed by atoms with E-state index in [1.165, 1.54) is 17.0 Å². The molecule has 2 atom stereocenters. The van der Waals surface area contributed by atoms with Crippen molar-refractivity contribution >= 4 is 16.7 Å². The van der Waals surface area contributed by atoms with Crippen molar-refractivity contribution in [2.75, 3.05) is 26.2 Å². The summed E-state index contributed by atoms with van der Waals surface area (Å²) < 4.78 is 146. The van der Waals surface area contributed by atoms with Crippen molar-refractivity contribution in [1.82, 2.24) is 10.2 Å². The molecule has 2 heterocycles. The average Bonchev–Trinajstić information content (AvgIpc) is 3.48. The summed E-state index contributed by atoms with van der Waals surface area (Å²) in [5, 5.41) is 3.15. The molecule has 5 nitrogen and oxygen atoms in total. The third-order valence-electron chi connectivity index (χ3n) is 8.73. The van der Waals surface area contributed by atoms with Crippen molar-refractivity contribution in [3.8, 4) is 0 Å². The van der Waals surface area contributed by atoms with E-state index < -0.39 is 68.7 Å². The van der Waals surface area contributed by atoms with Crippen molar-refractivity contribution < 1.29 is 53.3 Å². The number of ether oxygens (including phenoxy) is 1. The first kappa shape index (κ1) is 34.9. The molecule has 1 N–H and O–H groups in total. The minimum absolute atomic E-state index is 0.0415. The molecule has 5 rings (SSSR count). The zero-order valence-corrected chi connectivity index (χ0v) is 25.4. The number of likely N-dealkylation sites (tertiary alicyclic amines) is 1. The Kier molecular flexibility index (Phi) is 9.82. The first-order chi connectivity index (χ1) is 22.1. The van der Waals surface area contributed by atoms with Gasteiger partial charge in [0.15, 0.2) is 0 Å². The summed E-state index contributed by atoms with van der Waals surface area (Å²) in [7, 11) is -2.05. The summed E-state index contributed by atoms with van der Waals surface area (Å²) in [5.74, 6) is -3.93. The molecule has 2 unspecified atom stereocenters. The molecule has 47 heavy (non-hydrogen) atoms. The summed E-state index contributed by atoms with van der Waals surface area (Å²) in [6.07, 6.45) is -11.1. The second-order valence-corrected chi connectivity index (χ2v) is 13.3. The predicted molar refractivity (Wildman–Crippen MR) is 153 cm³/mol. The lowest BCUT2D eigenvalue weighted by Gasteiger charge is -2.38. The number of carbonyl (C=O) groups excluding carboxylic acids is 1. The maximum Gasteiger partial charge on any atom is 0.430 e. The number of nitrogens with zero attached hydrogens (tertiary/aromatic N) is 1. The van der Waals surface area contributed by atoms with Crippen LogP contribution in [0.15, 0.2) is 71.6 Å². The number of halogens is 9. The summed E-state index contributed by atoms with van der Waals surface area (Å²) in [4.78, 5) is 15.0. The van der Waals surface area contributed by atoms with Crippen molar-refractivity contribution in [1.29, 1.82) is 0 Å². The van der Waals surface area contributed by atoms with Crippen LogP contribution in [0.1, 0.15) is 36.0 Å². The van der Waals surface area contributed by atoms with E-state index in [0.717, 1.165) is 30.3 Å². The molecule has 2 fully saturated rings. The molecule has 3 aromatic carbocycles. The molecule has 0 radical (unpaired) electrons. The molecule has 0 saturated carbocycles. The smallest absolute Gasteiger partial charge is 0.349 e. The van der Waals surface area contributed by atoms with Crippen LogP contribution in [-0.4, -0.2) is 53.5 Å². The molecule has 2 aliphatic rings. The highest BCUT2D eigenvalue weighted by Gasteiger charge is 2.73. The highest BCUT2D eigenvalue weighted by molar-refractivity contribution is 7.86. The van der Waals surface area contributed by atoms with Crippen LogP contribution in [0.5, 0.6) is 0 Å². The summed E-state index contributed by atoms with van der Waals surface area (Å²) in [6, 6.07) is 9.82. The first-order valence-electron chi connectivity index (χ1n) is 14.6. The van der Waals surface area contributed by atoms with Gasteiger partial charge in [0.1, 0.15) is 17.5 Å². The normalized spacial score (nSPS) is 20.4. The topological polar surface area (TPSA) is 58.6 Å². The van der Waals surface area contributed by atoms with Crippen molar-refractivity contribution in [2.24, 2.45) is 5.92 Å². The predicted octanol–water partition coefficient (Wildman–Crippen LogP) is 6.88. The number of nitrogens with one attached hydrogen (secondary N) is 1. The zero-order chi connectivity index (χ0) is 34.2. The van der Waals surface area contributed by atoms with Crippen LogP contribution in [0, 0.1) is 23.4 Å². The Balaban J connectivity index is 1.56. The molecule has 3 aromatic rings. The highest BCUT2D eigenvalue weighted by atomic mass is 32.2. The fourth-order valence-electron chi connectivity index (χ4n) is 6.17. The van der Waals surface area contributed by atoms with E-state index in [1.54, 1.807) is 0 Å². The van der Waals surface area contributed by atoms with Gasteiger partial charge < -0.3 is 15.0 Å². The largest absolute Gasteiger partial charge is 0.430 e. The van der Waals surface area contributed by atoms with Crippen LogP contribution in [0.4, 0.5) is 39.5 Å². The van der Waals surface area contributed by atoms with Crippen LogP contribution in [-0.2, 0) is 37.3 Å². The van der Waals surface area contributed by atoms with Crippen molar-refractivity contribution in [2.45, 2.75) is 53.5 Å². The highest BCUT2D eigenvalue weighted by Crippen LogP contribution is 2.54. The Morgan fingerprint density at radius 2 is 1.45 bits per heavy atom. The van der Waals surface area contributed by atoms with Crippen LogP contribution >= 0.6 is 0 Å². The Morgan fingerprint density at radius 3 is 2.00 bits per heavy atom. The van der Waals surface area contributed by atoms with Gasteiger partial charge >= 0.3 is 12.4 Å². The lowest BCUT2D eigenvalue weighted by Crippen LogP contribution is -2.56. The molecule has 15 heteroatoms. The average molecular weight is 693 g/mol. The number of hydrogen-bond acceptors (Lipinski definition) is 4. The van der Waals surface area contributed by atoms with Crippen LogP contribution in [0.2, 0.25) is 0 Å². The van der Waals surface area contributed by atoms with E-state index in [1.807, 2.05) is 0 Å². The van der Waals surface area contributed by atoms with E-state index in [9.17, 15) is 48.5 Å². The zero-order valence-electron chi connectivity index (χ0n) is 24.6. The van der Waals surface area contributed by atoms with Gasteiger partial charge in [-0.1, -0.05) is 30.3 Å². The Labute approximate surface area is 266 Å². The summed E-state index contributed by atoms with van der Waals surface area (Å²) >= 11 is 0. The minimum Gasteiger partial charge on any atom is -0.349 e. The molecule has 0 spiro atoms. The quantitative estimate of drug-likeness (QED) is 0.262. The molecular weight excluding hydrogens is 663 g/mol. The van der Waals surface area contributed by atoms with Gasteiger partial charge in [-0.05, 0) is 74.3 Å². The fourth-order valence-corrected chi connectivity index (χ4v) is 7.90. The van der Waals surface area contributed by atoms with Gasteiger partial charge in [0.05, 0.1) is 22.2 Å². The second-order valence-electron chi connectivity index (χ2n) is 11.5. The van der Waals surface area contributed by atoms with Crippen LogP contribution in [0.25, 0.3) is 0 Å². The first-order valence-corrected chi connectivity index (χ1v) is 15.7. The third kappa shape index (κ3) is 6.53. The van der Waals surface area contributed by atoms with Crippen LogP contribution in [0.3, 0.4) is 0 Å². The number of hydrogen-bond donors (Lipinski definition) is 1. The Morgan fingerprint density at radius 1 is 0.872 bits per heavy atom. The van der Waals surface area contributed by atoms with Gasteiger partial charge in [0.25, 0.3) is 5.60 Å². The maximum atomic E-state index is 14.5. The molecule has 0 bridgehead atoms. The molecule has 2 aliphatic heterocycles.